The molecule has 0 N–H and O–H groups in total. The summed E-state index contributed by atoms with van der Waals surface area (Å²) < 4.78 is 2.18. The number of benzene rings is 2. The molecule has 0 fully saturated rings. The second-order valence-corrected chi connectivity index (χ2v) is 7.60. The summed E-state index contributed by atoms with van der Waals surface area (Å²) in [6, 6.07) is 8.51. The summed E-state index contributed by atoms with van der Waals surface area (Å²) in [5.74, 6) is 1.06. The van der Waals surface area contributed by atoms with Crippen LogP contribution in [0, 0.1) is 20.8 Å². The van der Waals surface area contributed by atoms with E-state index >= 15 is 0 Å². The molecule has 4 aromatic rings. The lowest BCUT2D eigenvalue weighted by Crippen LogP contribution is -2.03. The van der Waals surface area contributed by atoms with Gasteiger partial charge in [0.15, 0.2) is 0 Å². The molecule has 2 heterocycles. The van der Waals surface area contributed by atoms with Crippen molar-refractivity contribution in [3.05, 3.63) is 83.0 Å². The number of nitrogens with zero attached hydrogens (tertiary/aromatic N) is 4. The summed E-state index contributed by atoms with van der Waals surface area (Å²) in [6.45, 7) is 10.1. The first-order chi connectivity index (χ1) is 14.0. The van der Waals surface area contributed by atoms with Crippen molar-refractivity contribution in [3.8, 4) is 0 Å². The van der Waals surface area contributed by atoms with Crippen LogP contribution in [0.1, 0.15) is 33.8 Å². The molecule has 0 bridgehead atoms. The maximum absolute atomic E-state index is 4.96. The largest absolute Gasteiger partial charge is 0.331 e. The summed E-state index contributed by atoms with van der Waals surface area (Å²) in [6.07, 6.45) is 9.38. The quantitative estimate of drug-likeness (QED) is 0.433. The molecule has 0 aliphatic rings. The van der Waals surface area contributed by atoms with Gasteiger partial charge in [0.2, 0.25) is 0 Å². The Kier molecular flexibility index (Phi) is 5.01. The molecule has 146 valence electrons. The zero-order valence-electron chi connectivity index (χ0n) is 17.5. The van der Waals surface area contributed by atoms with Gasteiger partial charge < -0.3 is 4.57 Å². The lowest BCUT2D eigenvalue weighted by molar-refractivity contribution is 0.775. The molecule has 0 aliphatic carbocycles. The van der Waals surface area contributed by atoms with E-state index in [1.165, 1.54) is 5.56 Å². The minimum atomic E-state index is 0.810. The molecule has 0 atom stereocenters. The average Bonchev–Trinajstić information content (AvgIpc) is 3.04. The van der Waals surface area contributed by atoms with Crippen molar-refractivity contribution in [3.63, 3.8) is 0 Å². The third-order valence-electron chi connectivity index (χ3n) is 5.56. The van der Waals surface area contributed by atoms with Gasteiger partial charge >= 0.3 is 0 Å². The molecule has 4 heteroatoms. The molecule has 4 rings (SSSR count). The normalized spacial score (nSPS) is 11.7. The lowest BCUT2D eigenvalue weighted by atomic mass is 10.1. The molecule has 0 aliphatic heterocycles. The van der Waals surface area contributed by atoms with Crippen molar-refractivity contribution in [1.82, 2.24) is 19.5 Å². The van der Waals surface area contributed by atoms with Crippen molar-refractivity contribution in [2.75, 3.05) is 0 Å². The van der Waals surface area contributed by atoms with Crippen LogP contribution in [0.5, 0.6) is 0 Å². The van der Waals surface area contributed by atoms with E-state index < -0.39 is 0 Å². The number of rotatable bonds is 5. The van der Waals surface area contributed by atoms with Crippen molar-refractivity contribution < 1.29 is 0 Å². The lowest BCUT2D eigenvalue weighted by Gasteiger charge is -2.07. The summed E-state index contributed by atoms with van der Waals surface area (Å²) in [5, 5.41) is 0. The number of imidazole rings is 1. The smallest absolute Gasteiger partial charge is 0.110 e. The Hall–Kier alpha value is -3.27. The van der Waals surface area contributed by atoms with Crippen LogP contribution in [0.4, 0.5) is 0 Å². The molecule has 29 heavy (non-hydrogen) atoms. The van der Waals surface area contributed by atoms with Crippen molar-refractivity contribution in [2.45, 2.75) is 33.6 Å². The molecule has 0 saturated carbocycles. The van der Waals surface area contributed by atoms with Crippen LogP contribution < -0.4 is 0 Å². The number of hydrogen-bond donors (Lipinski definition) is 0. The molecule has 0 radical (unpaired) electrons. The second kappa shape index (κ2) is 7.63. The van der Waals surface area contributed by atoms with Gasteiger partial charge in [0.05, 0.1) is 27.8 Å². The minimum Gasteiger partial charge on any atom is -0.331 e. The fraction of sp³-hybridized carbons (Fsp3) is 0.240. The highest BCUT2D eigenvalue weighted by Gasteiger charge is 2.13. The Balaban J connectivity index is 1.67. The Bertz CT molecular complexity index is 1260. The van der Waals surface area contributed by atoms with Gasteiger partial charge in [-0.2, -0.15) is 0 Å². The van der Waals surface area contributed by atoms with Gasteiger partial charge in [-0.1, -0.05) is 43.0 Å². The van der Waals surface area contributed by atoms with E-state index in [1.807, 2.05) is 12.3 Å². The third-order valence-corrected chi connectivity index (χ3v) is 5.56. The Morgan fingerprint density at radius 1 is 0.897 bits per heavy atom. The van der Waals surface area contributed by atoms with E-state index in [1.54, 1.807) is 6.08 Å². The maximum Gasteiger partial charge on any atom is 0.110 e. The average molecular weight is 383 g/mol. The summed E-state index contributed by atoms with van der Waals surface area (Å²) in [5.41, 5.74) is 9.87. The van der Waals surface area contributed by atoms with Gasteiger partial charge in [-0.15, -0.1) is 0 Å². The molecule has 0 spiro atoms. The topological polar surface area (TPSA) is 43.6 Å². The van der Waals surface area contributed by atoms with E-state index in [0.717, 1.165) is 63.1 Å². The molecule has 0 unspecified atom stereocenters. The van der Waals surface area contributed by atoms with Gasteiger partial charge in [0.25, 0.3) is 0 Å². The standard InChI is InChI=1S/C25H26N4/c1-6-7-8-20-16(2)11-13-21-25(20)28-22(29(21)5)14-12-19-15-26-23-17(3)9-10-18(4)24(23)27-19/h6-11,13,15H,1,12,14H2,2-5H3/b8-7-. The summed E-state index contributed by atoms with van der Waals surface area (Å²) >= 11 is 0. The van der Waals surface area contributed by atoms with Crippen LogP contribution in [-0.2, 0) is 19.9 Å². The van der Waals surface area contributed by atoms with Crippen LogP contribution in [0.25, 0.3) is 28.1 Å². The van der Waals surface area contributed by atoms with Gasteiger partial charge in [-0.3, -0.25) is 4.98 Å². The van der Waals surface area contributed by atoms with Crippen molar-refractivity contribution in [1.29, 1.82) is 0 Å². The number of aryl methyl sites for hydroxylation is 6. The number of fused-ring (bicyclic) bond motifs is 2. The fourth-order valence-electron chi connectivity index (χ4n) is 3.78. The molecule has 4 nitrogen and oxygen atoms in total. The predicted molar refractivity (Wildman–Crippen MR) is 121 cm³/mol. The monoisotopic (exact) mass is 382 g/mol. The Morgan fingerprint density at radius 3 is 2.38 bits per heavy atom. The SMILES string of the molecule is C=C/C=C\c1c(C)ccc2c1nc(CCc1cnc3c(C)ccc(C)c3n1)n2C. The van der Waals surface area contributed by atoms with Gasteiger partial charge in [-0.05, 0) is 49.9 Å². The Morgan fingerprint density at radius 2 is 1.62 bits per heavy atom. The Labute approximate surface area is 171 Å². The summed E-state index contributed by atoms with van der Waals surface area (Å²) in [4.78, 5) is 14.5. The first-order valence-electron chi connectivity index (χ1n) is 9.95. The highest BCUT2D eigenvalue weighted by Crippen LogP contribution is 2.25. The summed E-state index contributed by atoms with van der Waals surface area (Å²) in [7, 11) is 2.08. The number of allylic oxidation sites excluding steroid dienone is 2. The third kappa shape index (κ3) is 3.46. The number of hydrogen-bond acceptors (Lipinski definition) is 3. The molecule has 2 aromatic heterocycles. The van der Waals surface area contributed by atoms with E-state index in [9.17, 15) is 0 Å². The van der Waals surface area contributed by atoms with Gasteiger partial charge in [0, 0.05) is 25.2 Å². The van der Waals surface area contributed by atoms with Crippen LogP contribution in [0.3, 0.4) is 0 Å². The first-order valence-corrected chi connectivity index (χ1v) is 9.95. The highest BCUT2D eigenvalue weighted by atomic mass is 15.1. The van der Waals surface area contributed by atoms with E-state index in [-0.39, 0.29) is 0 Å². The first kappa shape index (κ1) is 19.1. The van der Waals surface area contributed by atoms with E-state index in [4.69, 9.17) is 9.97 Å². The van der Waals surface area contributed by atoms with Crippen LogP contribution in [0.15, 0.2) is 49.2 Å². The van der Waals surface area contributed by atoms with Gasteiger partial charge in [0.1, 0.15) is 5.82 Å². The van der Waals surface area contributed by atoms with Crippen molar-refractivity contribution >= 4 is 28.1 Å². The fourth-order valence-corrected chi connectivity index (χ4v) is 3.78. The van der Waals surface area contributed by atoms with Gasteiger partial charge in [-0.25, -0.2) is 9.97 Å². The van der Waals surface area contributed by atoms with Crippen LogP contribution >= 0.6 is 0 Å². The second-order valence-electron chi connectivity index (χ2n) is 7.60. The van der Waals surface area contributed by atoms with Crippen molar-refractivity contribution in [2.24, 2.45) is 7.05 Å². The molecule has 0 amide bonds. The molecule has 0 saturated heterocycles. The highest BCUT2D eigenvalue weighted by molar-refractivity contribution is 5.87. The molecular formula is C25H26N4. The van der Waals surface area contributed by atoms with Crippen LogP contribution in [-0.4, -0.2) is 19.5 Å². The maximum atomic E-state index is 4.96. The predicted octanol–water partition coefficient (Wildman–Crippen LogP) is 5.43. The molecular weight excluding hydrogens is 356 g/mol. The number of aromatic nitrogens is 4. The zero-order chi connectivity index (χ0) is 20.5. The zero-order valence-corrected chi connectivity index (χ0v) is 17.5. The molecule has 2 aromatic carbocycles. The van der Waals surface area contributed by atoms with Crippen LogP contribution in [0.2, 0.25) is 0 Å². The minimum absolute atomic E-state index is 0.810. The van der Waals surface area contributed by atoms with E-state index in [0.29, 0.717) is 0 Å². The van der Waals surface area contributed by atoms with E-state index in [2.05, 4.69) is 74.3 Å².